The lowest BCUT2D eigenvalue weighted by Crippen LogP contribution is -2.13. The molecule has 174 valence electrons. The lowest BCUT2D eigenvalue weighted by Gasteiger charge is -2.09. The number of rotatable bonds is 8. The maximum absolute atomic E-state index is 12.5. The molecule has 3 aromatic rings. The first-order valence-electron chi connectivity index (χ1n) is 10.5. The number of carbonyl (C=O) groups excluding carboxylic acids is 3. The summed E-state index contributed by atoms with van der Waals surface area (Å²) in [5.74, 6) is 0.242. The molecule has 8 heteroatoms. The van der Waals surface area contributed by atoms with Gasteiger partial charge in [-0.2, -0.15) is 0 Å². The van der Waals surface area contributed by atoms with Crippen LogP contribution in [0.15, 0.2) is 78.9 Å². The van der Waals surface area contributed by atoms with Crippen molar-refractivity contribution in [3.63, 3.8) is 0 Å². The van der Waals surface area contributed by atoms with Gasteiger partial charge in [-0.1, -0.05) is 24.3 Å². The first kappa shape index (κ1) is 24.1. The molecule has 0 saturated carbocycles. The highest BCUT2D eigenvalue weighted by Gasteiger charge is 2.09. The molecule has 0 atom stereocenters. The number of methoxy groups -OCH3 is 1. The molecule has 0 unspecified atom stereocenters. The lowest BCUT2D eigenvalue weighted by molar-refractivity contribution is -0.111. The van der Waals surface area contributed by atoms with Gasteiger partial charge >= 0.3 is 6.16 Å². The van der Waals surface area contributed by atoms with Gasteiger partial charge in [-0.15, -0.1) is 0 Å². The molecule has 3 aromatic carbocycles. The van der Waals surface area contributed by atoms with E-state index in [4.69, 9.17) is 14.2 Å². The minimum Gasteiger partial charge on any atom is -0.496 e. The van der Waals surface area contributed by atoms with E-state index in [0.29, 0.717) is 22.7 Å². The van der Waals surface area contributed by atoms with Gasteiger partial charge in [0, 0.05) is 28.6 Å². The molecule has 0 aliphatic rings. The summed E-state index contributed by atoms with van der Waals surface area (Å²) < 4.78 is 15.0. The largest absolute Gasteiger partial charge is 0.513 e. The van der Waals surface area contributed by atoms with Crippen molar-refractivity contribution in [1.29, 1.82) is 0 Å². The lowest BCUT2D eigenvalue weighted by atomic mass is 10.2. The van der Waals surface area contributed by atoms with Gasteiger partial charge in [0.2, 0.25) is 5.91 Å². The Hall–Kier alpha value is -4.59. The van der Waals surface area contributed by atoms with Crippen molar-refractivity contribution in [2.24, 2.45) is 0 Å². The van der Waals surface area contributed by atoms with E-state index < -0.39 is 6.16 Å². The summed E-state index contributed by atoms with van der Waals surface area (Å²) in [4.78, 5) is 36.2. The first-order valence-corrected chi connectivity index (χ1v) is 10.5. The zero-order valence-corrected chi connectivity index (χ0v) is 18.7. The van der Waals surface area contributed by atoms with E-state index in [0.717, 1.165) is 5.56 Å². The Morgan fingerprint density at radius 3 is 2.29 bits per heavy atom. The molecule has 0 spiro atoms. The number of benzene rings is 3. The summed E-state index contributed by atoms with van der Waals surface area (Å²) in [6.45, 7) is 1.88. The fourth-order valence-electron chi connectivity index (χ4n) is 2.95. The van der Waals surface area contributed by atoms with E-state index in [9.17, 15) is 14.4 Å². The maximum atomic E-state index is 12.5. The Morgan fingerprint density at radius 1 is 0.882 bits per heavy atom. The third kappa shape index (κ3) is 6.96. The van der Waals surface area contributed by atoms with Crippen LogP contribution < -0.4 is 20.1 Å². The van der Waals surface area contributed by atoms with Crippen LogP contribution in [-0.2, 0) is 9.53 Å². The topological polar surface area (TPSA) is 103 Å². The molecular formula is C26H24N2O6. The van der Waals surface area contributed by atoms with Crippen LogP contribution in [-0.4, -0.2) is 31.7 Å². The standard InChI is InChI=1S/C26H24N2O6/c1-3-33-26(31)34-22-14-11-19(12-15-22)25(30)28-21-9-6-8-20(17-21)27-24(29)16-13-18-7-4-5-10-23(18)32-2/h4-17H,3H2,1-2H3,(H,27,29)(H,28,30)/b16-13+. The van der Waals surface area contributed by atoms with Gasteiger partial charge in [-0.3, -0.25) is 9.59 Å². The fraction of sp³-hybridized carbons (Fsp3) is 0.115. The molecule has 0 fully saturated rings. The molecule has 0 radical (unpaired) electrons. The summed E-state index contributed by atoms with van der Waals surface area (Å²) in [5, 5.41) is 5.53. The number of anilines is 2. The second-order valence-electron chi connectivity index (χ2n) is 6.91. The van der Waals surface area contributed by atoms with Crippen molar-refractivity contribution >= 4 is 35.4 Å². The Kier molecular flexibility index (Phi) is 8.40. The molecule has 8 nitrogen and oxygen atoms in total. The van der Waals surface area contributed by atoms with Crippen LogP contribution in [0.1, 0.15) is 22.8 Å². The van der Waals surface area contributed by atoms with Crippen molar-refractivity contribution in [3.05, 3.63) is 90.0 Å². The van der Waals surface area contributed by atoms with Crippen molar-refractivity contribution < 1.29 is 28.6 Å². The number of ether oxygens (including phenoxy) is 3. The quantitative estimate of drug-likeness (QED) is 0.274. The number of hydrogen-bond donors (Lipinski definition) is 2. The summed E-state index contributed by atoms with van der Waals surface area (Å²) >= 11 is 0. The Labute approximate surface area is 197 Å². The Morgan fingerprint density at radius 2 is 1.59 bits per heavy atom. The average molecular weight is 460 g/mol. The van der Waals surface area contributed by atoms with Crippen LogP contribution in [0.25, 0.3) is 6.08 Å². The predicted octanol–water partition coefficient (Wildman–Crippen LogP) is 5.13. The van der Waals surface area contributed by atoms with Crippen molar-refractivity contribution in [3.8, 4) is 11.5 Å². The number of nitrogens with one attached hydrogen (secondary N) is 2. The minimum atomic E-state index is -0.809. The van der Waals surface area contributed by atoms with Gasteiger partial charge in [0.05, 0.1) is 13.7 Å². The molecular weight excluding hydrogens is 436 g/mol. The van der Waals surface area contributed by atoms with Gasteiger partial charge < -0.3 is 24.8 Å². The normalized spacial score (nSPS) is 10.4. The molecule has 0 bridgehead atoms. The van der Waals surface area contributed by atoms with Crippen molar-refractivity contribution in [1.82, 2.24) is 0 Å². The van der Waals surface area contributed by atoms with Crippen LogP contribution in [0, 0.1) is 0 Å². The number of amides is 2. The highest BCUT2D eigenvalue weighted by atomic mass is 16.7. The van der Waals surface area contributed by atoms with Gasteiger partial charge in [0.25, 0.3) is 5.91 Å². The average Bonchev–Trinajstić information content (AvgIpc) is 2.83. The Balaban J connectivity index is 1.59. The molecule has 3 rings (SSSR count). The first-order chi connectivity index (χ1) is 16.5. The van der Waals surface area contributed by atoms with E-state index >= 15 is 0 Å². The smallest absolute Gasteiger partial charge is 0.496 e. The summed E-state index contributed by atoms with van der Waals surface area (Å²) in [6, 6.07) is 20.2. The third-order valence-electron chi connectivity index (χ3n) is 4.52. The van der Waals surface area contributed by atoms with Crippen LogP contribution in [0.3, 0.4) is 0 Å². The minimum absolute atomic E-state index is 0.205. The van der Waals surface area contributed by atoms with Crippen molar-refractivity contribution in [2.45, 2.75) is 6.92 Å². The molecule has 2 N–H and O–H groups in total. The van der Waals surface area contributed by atoms with Crippen LogP contribution in [0.4, 0.5) is 16.2 Å². The second kappa shape index (κ2) is 11.9. The van der Waals surface area contributed by atoms with Gasteiger partial charge in [0.1, 0.15) is 11.5 Å². The molecule has 2 amide bonds. The van der Waals surface area contributed by atoms with Crippen LogP contribution >= 0.6 is 0 Å². The molecule has 0 heterocycles. The third-order valence-corrected chi connectivity index (χ3v) is 4.52. The molecule has 0 aromatic heterocycles. The van der Waals surface area contributed by atoms with E-state index in [1.54, 1.807) is 44.4 Å². The van der Waals surface area contributed by atoms with E-state index in [2.05, 4.69) is 10.6 Å². The zero-order valence-electron chi connectivity index (χ0n) is 18.7. The molecule has 34 heavy (non-hydrogen) atoms. The highest BCUT2D eigenvalue weighted by molar-refractivity contribution is 6.05. The van der Waals surface area contributed by atoms with Crippen LogP contribution in [0.5, 0.6) is 11.5 Å². The monoisotopic (exact) mass is 460 g/mol. The maximum Gasteiger partial charge on any atom is 0.513 e. The summed E-state index contributed by atoms with van der Waals surface area (Å²) in [7, 11) is 1.57. The SMILES string of the molecule is CCOC(=O)Oc1ccc(C(=O)Nc2cccc(NC(=O)/C=C/c3ccccc3OC)c2)cc1. The van der Waals surface area contributed by atoms with Crippen LogP contribution in [0.2, 0.25) is 0 Å². The van der Waals surface area contributed by atoms with E-state index in [-0.39, 0.29) is 24.2 Å². The van der Waals surface area contributed by atoms with Gasteiger partial charge in [-0.05, 0) is 61.5 Å². The number of carbonyl (C=O) groups is 3. The fourth-order valence-corrected chi connectivity index (χ4v) is 2.95. The summed E-state index contributed by atoms with van der Waals surface area (Å²) in [6.07, 6.45) is 2.26. The van der Waals surface area contributed by atoms with E-state index in [1.807, 2.05) is 24.3 Å². The molecule has 0 aliphatic heterocycles. The number of para-hydroxylation sites is 1. The predicted molar refractivity (Wildman–Crippen MR) is 129 cm³/mol. The van der Waals surface area contributed by atoms with Gasteiger partial charge in [0.15, 0.2) is 0 Å². The van der Waals surface area contributed by atoms with Crippen molar-refractivity contribution in [2.75, 3.05) is 24.4 Å². The van der Waals surface area contributed by atoms with E-state index in [1.165, 1.54) is 30.3 Å². The second-order valence-corrected chi connectivity index (χ2v) is 6.91. The highest BCUT2D eigenvalue weighted by Crippen LogP contribution is 2.20. The Bertz CT molecular complexity index is 1190. The van der Waals surface area contributed by atoms with Gasteiger partial charge in [-0.25, -0.2) is 4.79 Å². The zero-order chi connectivity index (χ0) is 24.3. The number of hydrogen-bond acceptors (Lipinski definition) is 6. The molecule has 0 aliphatic carbocycles. The summed E-state index contributed by atoms with van der Waals surface area (Å²) in [5.41, 5.74) is 2.17. The molecule has 0 saturated heterocycles.